The van der Waals surface area contributed by atoms with Crippen molar-refractivity contribution < 1.29 is 124 Å². The second-order valence-corrected chi connectivity index (χ2v) is 16.5. The number of aliphatic carboxylic acids is 2. The molecule has 20 heteroatoms. The minimum atomic E-state index is -5.82. The number of carboxylic acids is 2. The molecule has 59 heavy (non-hydrogen) atoms. The summed E-state index contributed by atoms with van der Waals surface area (Å²) < 4.78 is 102. The van der Waals surface area contributed by atoms with Crippen LogP contribution in [0.3, 0.4) is 0 Å². The molecule has 1 aliphatic carbocycles. The molecule has 10 nitrogen and oxygen atoms in total. The van der Waals surface area contributed by atoms with Gasteiger partial charge in [-0.2, -0.15) is 26.3 Å². The third-order valence-electron chi connectivity index (χ3n) is 9.54. The summed E-state index contributed by atoms with van der Waals surface area (Å²) in [6.07, 6.45) is 11.1. The van der Waals surface area contributed by atoms with E-state index in [-0.39, 0.29) is 105 Å². The Bertz CT molecular complexity index is 1590. The molecular formula is C39H50F6N2Na2O8S2. The predicted octanol–water partition coefficient (Wildman–Crippen LogP) is 2.96. The Labute approximate surface area is 393 Å². The van der Waals surface area contributed by atoms with E-state index in [1.807, 2.05) is 0 Å². The fourth-order valence-electron chi connectivity index (χ4n) is 6.49. The maximum atomic E-state index is 15.5. The number of allylic oxidation sites excluding steroid dienone is 2. The molecule has 0 saturated heterocycles. The van der Waals surface area contributed by atoms with Gasteiger partial charge in [0.1, 0.15) is 0 Å². The maximum Gasteiger partial charge on any atom is 1.00 e. The van der Waals surface area contributed by atoms with Gasteiger partial charge in [0.05, 0.1) is 0 Å². The van der Waals surface area contributed by atoms with Crippen LogP contribution in [0.4, 0.5) is 35.9 Å². The number of alkyl halides is 6. The van der Waals surface area contributed by atoms with Gasteiger partial charge in [-0.05, 0) is 52.4 Å². The van der Waals surface area contributed by atoms with E-state index in [9.17, 15) is 38.2 Å². The van der Waals surface area contributed by atoms with Gasteiger partial charge in [-0.3, -0.25) is 0 Å². The molecule has 0 spiro atoms. The fraction of sp³-hybridized carbons (Fsp3) is 0.641. The van der Waals surface area contributed by atoms with Gasteiger partial charge in [-0.25, -0.2) is 9.59 Å². The van der Waals surface area contributed by atoms with Crippen LogP contribution >= 0.6 is 22.7 Å². The molecule has 2 aromatic heterocycles. The Morgan fingerprint density at radius 1 is 0.542 bits per heavy atom. The Morgan fingerprint density at radius 3 is 1.14 bits per heavy atom. The van der Waals surface area contributed by atoms with Crippen molar-refractivity contribution in [2.24, 2.45) is 0 Å². The number of ether oxygens (including phenoxy) is 2. The van der Waals surface area contributed by atoms with Gasteiger partial charge in [0.15, 0.2) is 10.1 Å². The Kier molecular flexibility index (Phi) is 24.9. The average Bonchev–Trinajstić information content (AvgIpc) is 3.69. The van der Waals surface area contributed by atoms with Crippen molar-refractivity contribution in [1.82, 2.24) is 10.6 Å². The van der Waals surface area contributed by atoms with E-state index >= 15 is 17.6 Å². The molecule has 0 saturated carbocycles. The van der Waals surface area contributed by atoms with Crippen LogP contribution in [0.5, 0.6) is 10.1 Å². The Morgan fingerprint density at radius 2 is 0.831 bits per heavy atom. The predicted molar refractivity (Wildman–Crippen MR) is 201 cm³/mol. The largest absolute Gasteiger partial charge is 1.00 e. The van der Waals surface area contributed by atoms with Crippen LogP contribution < -0.4 is 89.4 Å². The monoisotopic (exact) mass is 898 g/mol. The smallest absolute Gasteiger partial charge is 0.550 e. The van der Waals surface area contributed by atoms with Gasteiger partial charge in [-0.15, -0.1) is 22.7 Å². The second-order valence-electron chi connectivity index (χ2n) is 14.1. The third-order valence-corrected chi connectivity index (χ3v) is 11.4. The quantitative estimate of drug-likeness (QED) is 0.0830. The van der Waals surface area contributed by atoms with Gasteiger partial charge in [0, 0.05) is 69.2 Å². The van der Waals surface area contributed by atoms with Crippen molar-refractivity contribution in [2.45, 2.75) is 147 Å². The standard InChI is InChI=1S/C39H52F6N2O8S2.2Na/c1-25-27(23-31(56-25)54-35(52)46-21-17-13-9-5-3-7-11-15-19-29(48)49)33-34(38(42,43)39(44,45)37(33,40)41)28-24-32(57-26(28)2)55-36(53)47-22-18-14-10-6-4-8-12-16-20-30(50)51;;/h23-24H,3-22H2,1-2H3,(H,46,52)(H,47,53)(H,48,49)(H,50,51);;/q;2*+1/p-2. The SMILES string of the molecule is Cc1sc(OC(=O)NCCCCCCCCCCC(=O)[O-])cc1C1=C(c2cc(OC(=O)NCCCCCCCCCCC(=O)[O-])sc2C)C(F)(F)C(F)(F)C1(F)F.[Na+].[Na+]. The number of carboxylic acid groups (broad SMARTS) is 2. The van der Waals surface area contributed by atoms with E-state index in [1.165, 1.54) is 13.8 Å². The number of amides is 2. The van der Waals surface area contributed by atoms with Crippen molar-refractivity contribution in [3.05, 3.63) is 33.0 Å². The molecule has 2 N–H and O–H groups in total. The fourth-order valence-corrected chi connectivity index (χ4v) is 8.22. The molecule has 0 aliphatic heterocycles. The topological polar surface area (TPSA) is 157 Å². The zero-order valence-electron chi connectivity index (χ0n) is 34.1. The Hall–Kier alpha value is -1.80. The molecule has 1 aliphatic rings. The van der Waals surface area contributed by atoms with E-state index in [2.05, 4.69) is 10.6 Å². The zero-order chi connectivity index (χ0) is 42.2. The van der Waals surface area contributed by atoms with E-state index in [0.29, 0.717) is 48.4 Å². The molecule has 2 heterocycles. The van der Waals surface area contributed by atoms with Crippen molar-refractivity contribution in [1.29, 1.82) is 0 Å². The summed E-state index contributed by atoms with van der Waals surface area (Å²) in [6.45, 7) is 2.97. The number of aryl methyl sites for hydroxylation is 2. The van der Waals surface area contributed by atoms with E-state index < -0.39 is 64.2 Å². The van der Waals surface area contributed by atoms with Crippen LogP contribution in [-0.4, -0.2) is 55.0 Å². The van der Waals surface area contributed by atoms with E-state index in [1.54, 1.807) is 0 Å². The second kappa shape index (κ2) is 26.6. The summed E-state index contributed by atoms with van der Waals surface area (Å²) in [6, 6.07) is 1.72. The van der Waals surface area contributed by atoms with Gasteiger partial charge in [0.25, 0.3) is 0 Å². The molecule has 320 valence electrons. The number of thiophene rings is 2. The molecule has 3 rings (SSSR count). The molecule has 2 amide bonds. The third kappa shape index (κ3) is 16.4. The molecule has 2 aromatic rings. The van der Waals surface area contributed by atoms with Crippen LogP contribution in [0.25, 0.3) is 11.1 Å². The first-order chi connectivity index (χ1) is 26.9. The van der Waals surface area contributed by atoms with Crippen molar-refractivity contribution in [3.8, 4) is 10.1 Å². The van der Waals surface area contributed by atoms with Crippen LogP contribution in [0.2, 0.25) is 0 Å². The van der Waals surface area contributed by atoms with Gasteiger partial charge in [-0.1, -0.05) is 77.0 Å². The molecule has 0 radical (unpaired) electrons. The van der Waals surface area contributed by atoms with Crippen molar-refractivity contribution >= 4 is 57.9 Å². The number of rotatable bonds is 26. The van der Waals surface area contributed by atoms with Gasteiger partial charge < -0.3 is 39.9 Å². The maximum absolute atomic E-state index is 15.5. The summed E-state index contributed by atoms with van der Waals surface area (Å²) >= 11 is 1.31. The first kappa shape index (κ1) is 55.2. The normalized spacial score (nSPS) is 14.9. The number of carbonyl (C=O) groups is 4. The van der Waals surface area contributed by atoms with E-state index in [4.69, 9.17) is 9.47 Å². The van der Waals surface area contributed by atoms with Gasteiger partial charge >= 0.3 is 89.1 Å². The molecule has 0 bridgehead atoms. The zero-order valence-corrected chi connectivity index (χ0v) is 39.8. The number of nitrogens with one attached hydrogen (secondary N) is 2. The summed E-state index contributed by atoms with van der Waals surface area (Å²) in [7, 11) is 0. The van der Waals surface area contributed by atoms with Crippen LogP contribution in [-0.2, 0) is 9.59 Å². The van der Waals surface area contributed by atoms with Crippen LogP contribution in [0.15, 0.2) is 12.1 Å². The molecule has 0 aromatic carbocycles. The van der Waals surface area contributed by atoms with Crippen molar-refractivity contribution in [2.75, 3.05) is 13.1 Å². The Balaban J connectivity index is 0.00000870. The molecular weight excluding hydrogens is 849 g/mol. The first-order valence-electron chi connectivity index (χ1n) is 19.3. The molecule has 0 fully saturated rings. The minimum absolute atomic E-state index is 0. The first-order valence-corrected chi connectivity index (χ1v) is 20.9. The molecule has 0 unspecified atom stereocenters. The summed E-state index contributed by atoms with van der Waals surface area (Å²) in [5.74, 6) is -18.6. The number of unbranched alkanes of at least 4 members (excludes halogenated alkanes) is 14. The van der Waals surface area contributed by atoms with Crippen molar-refractivity contribution in [3.63, 3.8) is 0 Å². The minimum Gasteiger partial charge on any atom is -0.550 e. The summed E-state index contributed by atoms with van der Waals surface area (Å²) in [5, 5.41) is 25.4. The molecule has 0 atom stereocenters. The summed E-state index contributed by atoms with van der Waals surface area (Å²) in [4.78, 5) is 45.6. The number of halogens is 6. The van der Waals surface area contributed by atoms with E-state index in [0.717, 1.165) is 89.2 Å². The van der Waals surface area contributed by atoms with Crippen LogP contribution in [0.1, 0.15) is 136 Å². The van der Waals surface area contributed by atoms with Crippen LogP contribution in [0, 0.1) is 13.8 Å². The average molecular weight is 899 g/mol. The summed E-state index contributed by atoms with van der Waals surface area (Å²) in [5.41, 5.74) is -4.51. The number of hydrogen-bond acceptors (Lipinski definition) is 10. The number of hydrogen-bond donors (Lipinski definition) is 2. The number of carbonyl (C=O) groups excluding carboxylic acids is 4. The van der Waals surface area contributed by atoms with Gasteiger partial charge in [0.2, 0.25) is 0 Å².